The Morgan fingerprint density at radius 2 is 2.29 bits per heavy atom. The maximum atomic E-state index is 13.0. The molecule has 0 fully saturated rings. The van der Waals surface area contributed by atoms with Crippen molar-refractivity contribution in [1.82, 2.24) is 0 Å². The minimum Gasteiger partial charge on any atom is -0.478 e. The lowest BCUT2D eigenvalue weighted by Gasteiger charge is -2.04. The summed E-state index contributed by atoms with van der Waals surface area (Å²) in [5, 5.41) is 22.4. The molecule has 0 bridgehead atoms. The smallest absolute Gasteiger partial charge is 0.336 e. The van der Waals surface area contributed by atoms with Crippen LogP contribution in [0.25, 0.3) is 10.4 Å². The standard InChI is InChI=1S/C8H5FN4O4/c9-4-1-5(8(14)15)6(3-11-12-10)7(2-4)13(16)17/h1-2H,3H2,(H,14,15). The quantitative estimate of drug-likeness (QED) is 0.284. The largest absolute Gasteiger partial charge is 0.478 e. The zero-order chi connectivity index (χ0) is 13.0. The lowest BCUT2D eigenvalue weighted by Crippen LogP contribution is -2.06. The Kier molecular flexibility index (Phi) is 3.58. The van der Waals surface area contributed by atoms with Crippen molar-refractivity contribution in [2.75, 3.05) is 0 Å². The maximum absolute atomic E-state index is 13.0. The predicted octanol–water partition coefficient (Wildman–Crippen LogP) is 2.24. The zero-order valence-corrected chi connectivity index (χ0v) is 8.20. The van der Waals surface area contributed by atoms with Crippen molar-refractivity contribution in [3.8, 4) is 0 Å². The van der Waals surface area contributed by atoms with Crippen LogP contribution < -0.4 is 0 Å². The third-order valence-corrected chi connectivity index (χ3v) is 1.91. The number of nitrogens with zero attached hydrogens (tertiary/aromatic N) is 4. The molecule has 0 aliphatic rings. The van der Waals surface area contributed by atoms with E-state index in [0.29, 0.717) is 12.1 Å². The van der Waals surface area contributed by atoms with Crippen LogP contribution in [-0.2, 0) is 6.54 Å². The maximum Gasteiger partial charge on any atom is 0.336 e. The van der Waals surface area contributed by atoms with E-state index in [1.54, 1.807) is 0 Å². The second kappa shape index (κ2) is 4.90. The first-order valence-corrected chi connectivity index (χ1v) is 4.18. The summed E-state index contributed by atoms with van der Waals surface area (Å²) in [6, 6.07) is 1.21. The van der Waals surface area contributed by atoms with Crippen LogP contribution in [0.2, 0.25) is 0 Å². The number of carboxylic acid groups (broad SMARTS) is 1. The first-order valence-electron chi connectivity index (χ1n) is 4.18. The van der Waals surface area contributed by atoms with E-state index in [2.05, 4.69) is 10.0 Å². The van der Waals surface area contributed by atoms with Crippen molar-refractivity contribution < 1.29 is 19.2 Å². The minimum atomic E-state index is -1.53. The summed E-state index contributed by atoms with van der Waals surface area (Å²) in [5.74, 6) is -2.57. The molecule has 0 aliphatic carbocycles. The normalized spacial score (nSPS) is 9.47. The predicted molar refractivity (Wildman–Crippen MR) is 52.9 cm³/mol. The van der Waals surface area contributed by atoms with E-state index in [1.807, 2.05) is 0 Å². The van der Waals surface area contributed by atoms with Crippen LogP contribution >= 0.6 is 0 Å². The van der Waals surface area contributed by atoms with Crippen LogP contribution in [0, 0.1) is 15.9 Å². The van der Waals surface area contributed by atoms with E-state index in [4.69, 9.17) is 10.6 Å². The minimum absolute atomic E-state index is 0.332. The van der Waals surface area contributed by atoms with Gasteiger partial charge in [-0.2, -0.15) is 0 Å². The Hall–Kier alpha value is -2.67. The van der Waals surface area contributed by atoms with Gasteiger partial charge in [0.1, 0.15) is 5.82 Å². The van der Waals surface area contributed by atoms with Crippen LogP contribution in [0.4, 0.5) is 10.1 Å². The molecule has 9 heteroatoms. The molecule has 1 N–H and O–H groups in total. The fourth-order valence-corrected chi connectivity index (χ4v) is 1.24. The lowest BCUT2D eigenvalue weighted by atomic mass is 10.1. The van der Waals surface area contributed by atoms with Gasteiger partial charge in [0.15, 0.2) is 0 Å². The van der Waals surface area contributed by atoms with E-state index in [1.165, 1.54) is 0 Å². The molecule has 8 nitrogen and oxygen atoms in total. The molecule has 0 amide bonds. The molecule has 0 atom stereocenters. The molecule has 0 heterocycles. The summed E-state index contributed by atoms with van der Waals surface area (Å²) in [6.07, 6.45) is 0. The van der Waals surface area contributed by atoms with Crippen molar-refractivity contribution in [3.63, 3.8) is 0 Å². The number of hydrogen-bond donors (Lipinski definition) is 1. The second-order valence-corrected chi connectivity index (χ2v) is 2.90. The van der Waals surface area contributed by atoms with Crippen LogP contribution in [0.3, 0.4) is 0 Å². The molecule has 0 saturated heterocycles. The molecular weight excluding hydrogens is 235 g/mol. The number of halogens is 1. The van der Waals surface area contributed by atoms with Crippen molar-refractivity contribution in [2.45, 2.75) is 6.54 Å². The molecule has 0 radical (unpaired) electrons. The number of carboxylic acids is 1. The van der Waals surface area contributed by atoms with Crippen molar-refractivity contribution >= 4 is 11.7 Å². The van der Waals surface area contributed by atoms with E-state index < -0.39 is 34.5 Å². The summed E-state index contributed by atoms with van der Waals surface area (Å²) in [6.45, 7) is -0.533. The van der Waals surface area contributed by atoms with E-state index in [-0.39, 0.29) is 5.56 Å². The number of rotatable bonds is 4. The number of benzene rings is 1. The van der Waals surface area contributed by atoms with Gasteiger partial charge in [0.05, 0.1) is 28.7 Å². The highest BCUT2D eigenvalue weighted by atomic mass is 19.1. The molecular formula is C8H5FN4O4. The third-order valence-electron chi connectivity index (χ3n) is 1.91. The van der Waals surface area contributed by atoms with Gasteiger partial charge in [0.2, 0.25) is 0 Å². The molecule has 17 heavy (non-hydrogen) atoms. The highest BCUT2D eigenvalue weighted by molar-refractivity contribution is 5.90. The number of nitro benzene ring substituents is 1. The molecule has 1 rings (SSSR count). The summed E-state index contributed by atoms with van der Waals surface area (Å²) < 4.78 is 13.0. The lowest BCUT2D eigenvalue weighted by molar-refractivity contribution is -0.385. The fourth-order valence-electron chi connectivity index (χ4n) is 1.24. The van der Waals surface area contributed by atoms with E-state index in [0.717, 1.165) is 0 Å². The van der Waals surface area contributed by atoms with Crippen molar-refractivity contribution in [3.05, 3.63) is 49.6 Å². The molecule has 0 saturated carbocycles. The van der Waals surface area contributed by atoms with Gasteiger partial charge in [-0.25, -0.2) is 9.18 Å². The number of nitro groups is 1. The Balaban J connectivity index is 3.51. The van der Waals surface area contributed by atoms with Gasteiger partial charge < -0.3 is 5.11 Å². The topological polar surface area (TPSA) is 129 Å². The van der Waals surface area contributed by atoms with Crippen LogP contribution in [0.5, 0.6) is 0 Å². The molecule has 0 spiro atoms. The molecule has 1 aromatic rings. The van der Waals surface area contributed by atoms with Gasteiger partial charge in [-0.15, -0.1) is 0 Å². The first kappa shape index (κ1) is 12.4. The Labute approximate surface area is 93.1 Å². The van der Waals surface area contributed by atoms with Gasteiger partial charge in [0, 0.05) is 4.91 Å². The molecule has 0 aliphatic heterocycles. The Morgan fingerprint density at radius 3 is 2.76 bits per heavy atom. The highest BCUT2D eigenvalue weighted by Gasteiger charge is 2.22. The first-order chi connectivity index (χ1) is 7.97. The zero-order valence-electron chi connectivity index (χ0n) is 8.20. The summed E-state index contributed by atoms with van der Waals surface area (Å²) in [7, 11) is 0. The summed E-state index contributed by atoms with van der Waals surface area (Å²) >= 11 is 0. The molecule has 88 valence electrons. The Bertz CT molecular complexity index is 503. The summed E-state index contributed by atoms with van der Waals surface area (Å²) in [5.41, 5.74) is 6.46. The molecule has 0 aromatic heterocycles. The third kappa shape index (κ3) is 2.67. The number of hydrogen-bond acceptors (Lipinski definition) is 4. The van der Waals surface area contributed by atoms with Gasteiger partial charge >= 0.3 is 5.97 Å². The van der Waals surface area contributed by atoms with E-state index in [9.17, 15) is 19.3 Å². The highest BCUT2D eigenvalue weighted by Crippen LogP contribution is 2.25. The van der Waals surface area contributed by atoms with Crippen molar-refractivity contribution in [1.29, 1.82) is 0 Å². The van der Waals surface area contributed by atoms with Crippen molar-refractivity contribution in [2.24, 2.45) is 5.11 Å². The second-order valence-electron chi connectivity index (χ2n) is 2.90. The SMILES string of the molecule is [N-]=[N+]=NCc1c(C(=O)O)cc(F)cc1[N+](=O)[O-]. The van der Waals surface area contributed by atoms with Crippen LogP contribution in [0.1, 0.15) is 15.9 Å². The van der Waals surface area contributed by atoms with Gasteiger partial charge in [-0.3, -0.25) is 10.1 Å². The Morgan fingerprint density at radius 1 is 1.65 bits per heavy atom. The average Bonchev–Trinajstić information content (AvgIpc) is 2.26. The van der Waals surface area contributed by atoms with Gasteiger partial charge in [-0.05, 0) is 11.6 Å². The van der Waals surface area contributed by atoms with Gasteiger partial charge in [-0.1, -0.05) is 5.11 Å². The number of carbonyl (C=O) groups is 1. The molecule has 0 unspecified atom stereocenters. The average molecular weight is 240 g/mol. The molecule has 1 aromatic carbocycles. The number of azide groups is 1. The summed E-state index contributed by atoms with van der Waals surface area (Å²) in [4.78, 5) is 22.8. The van der Waals surface area contributed by atoms with E-state index >= 15 is 0 Å². The van der Waals surface area contributed by atoms with Crippen LogP contribution in [-0.4, -0.2) is 16.0 Å². The fraction of sp³-hybridized carbons (Fsp3) is 0.125. The number of aromatic carboxylic acids is 1. The van der Waals surface area contributed by atoms with Gasteiger partial charge in [0.25, 0.3) is 5.69 Å². The van der Waals surface area contributed by atoms with Crippen LogP contribution in [0.15, 0.2) is 17.2 Å². The monoisotopic (exact) mass is 240 g/mol.